The predicted molar refractivity (Wildman–Crippen MR) is 93.5 cm³/mol. The minimum Gasteiger partial charge on any atom is -0.493 e. The second kappa shape index (κ2) is 8.60. The summed E-state index contributed by atoms with van der Waals surface area (Å²) in [6, 6.07) is 17.0. The fraction of sp³-hybridized carbons (Fsp3) is 0.400. The van der Waals surface area contributed by atoms with E-state index in [1.165, 1.54) is 16.7 Å². The molecule has 0 heterocycles. The molecule has 0 bridgehead atoms. The molecule has 0 spiro atoms. The lowest BCUT2D eigenvalue weighted by atomic mass is 9.94. The summed E-state index contributed by atoms with van der Waals surface area (Å²) in [5.41, 5.74) is 9.84. The van der Waals surface area contributed by atoms with Crippen LogP contribution in [0.2, 0.25) is 0 Å². The van der Waals surface area contributed by atoms with Crippen LogP contribution in [0.4, 0.5) is 0 Å². The summed E-state index contributed by atoms with van der Waals surface area (Å²) < 4.78 is 5.94. The maximum absolute atomic E-state index is 5.94. The van der Waals surface area contributed by atoms with Crippen LogP contribution in [0.25, 0.3) is 0 Å². The Kier molecular flexibility index (Phi) is 6.47. The van der Waals surface area contributed by atoms with Crippen molar-refractivity contribution in [3.63, 3.8) is 0 Å². The second-order valence-electron chi connectivity index (χ2n) is 5.80. The number of rotatable bonds is 8. The highest BCUT2D eigenvalue weighted by Gasteiger charge is 2.09. The molecular formula is C20H27NO. The molecule has 0 fully saturated rings. The van der Waals surface area contributed by atoms with Crippen molar-refractivity contribution in [3.05, 3.63) is 65.2 Å². The molecule has 0 aromatic heterocycles. The number of para-hydroxylation sites is 1. The highest BCUT2D eigenvalue weighted by molar-refractivity contribution is 5.33. The Morgan fingerprint density at radius 3 is 2.45 bits per heavy atom. The molecule has 0 aliphatic rings. The molecule has 0 aliphatic heterocycles. The Labute approximate surface area is 134 Å². The highest BCUT2D eigenvalue weighted by atomic mass is 16.5. The molecule has 2 heteroatoms. The molecule has 118 valence electrons. The van der Waals surface area contributed by atoms with E-state index in [2.05, 4.69) is 56.3 Å². The zero-order valence-corrected chi connectivity index (χ0v) is 13.7. The van der Waals surface area contributed by atoms with E-state index < -0.39 is 0 Å². The number of benzene rings is 2. The molecule has 1 atom stereocenters. The van der Waals surface area contributed by atoms with Gasteiger partial charge >= 0.3 is 0 Å². The van der Waals surface area contributed by atoms with Crippen molar-refractivity contribution in [2.24, 2.45) is 5.73 Å². The van der Waals surface area contributed by atoms with Gasteiger partial charge in [0.25, 0.3) is 0 Å². The van der Waals surface area contributed by atoms with E-state index >= 15 is 0 Å². The minimum atomic E-state index is 0.422. The average Bonchev–Trinajstić information content (AvgIpc) is 2.56. The van der Waals surface area contributed by atoms with Crippen LogP contribution in [0.1, 0.15) is 42.4 Å². The summed E-state index contributed by atoms with van der Waals surface area (Å²) in [5, 5.41) is 0. The van der Waals surface area contributed by atoms with Gasteiger partial charge < -0.3 is 10.5 Å². The van der Waals surface area contributed by atoms with Crippen molar-refractivity contribution < 1.29 is 4.74 Å². The predicted octanol–water partition coefficient (Wildman–Crippen LogP) is 4.46. The van der Waals surface area contributed by atoms with Crippen LogP contribution in [0.5, 0.6) is 5.75 Å². The summed E-state index contributed by atoms with van der Waals surface area (Å²) in [5.74, 6) is 1.44. The minimum absolute atomic E-state index is 0.422. The van der Waals surface area contributed by atoms with Gasteiger partial charge in [0.1, 0.15) is 5.75 Å². The van der Waals surface area contributed by atoms with Crippen molar-refractivity contribution in [2.45, 2.75) is 39.0 Å². The highest BCUT2D eigenvalue weighted by Crippen LogP contribution is 2.22. The zero-order chi connectivity index (χ0) is 15.8. The first kappa shape index (κ1) is 16.6. The van der Waals surface area contributed by atoms with Crippen LogP contribution < -0.4 is 10.5 Å². The Hall–Kier alpha value is -1.80. The maximum Gasteiger partial charge on any atom is 0.122 e. The summed E-state index contributed by atoms with van der Waals surface area (Å²) in [6.45, 7) is 5.71. The molecule has 1 unspecified atom stereocenters. The first-order valence-corrected chi connectivity index (χ1v) is 8.22. The van der Waals surface area contributed by atoms with Crippen LogP contribution in [0, 0.1) is 6.92 Å². The van der Waals surface area contributed by atoms with Crippen LogP contribution in [-0.4, -0.2) is 13.2 Å². The van der Waals surface area contributed by atoms with E-state index in [-0.39, 0.29) is 0 Å². The summed E-state index contributed by atoms with van der Waals surface area (Å²) in [6.07, 6.45) is 3.09. The van der Waals surface area contributed by atoms with Gasteiger partial charge in [-0.05, 0) is 55.8 Å². The molecule has 0 saturated heterocycles. The molecule has 2 aromatic rings. The van der Waals surface area contributed by atoms with Gasteiger partial charge in [-0.25, -0.2) is 0 Å². The van der Waals surface area contributed by atoms with E-state index in [9.17, 15) is 0 Å². The number of nitrogens with two attached hydrogens (primary N) is 1. The smallest absolute Gasteiger partial charge is 0.122 e. The molecule has 0 amide bonds. The lowest BCUT2D eigenvalue weighted by Gasteiger charge is -2.16. The van der Waals surface area contributed by atoms with E-state index in [1.54, 1.807) is 0 Å². The first-order chi connectivity index (χ1) is 10.7. The third-order valence-corrected chi connectivity index (χ3v) is 4.14. The number of hydrogen-bond acceptors (Lipinski definition) is 2. The lowest BCUT2D eigenvalue weighted by molar-refractivity contribution is 0.299. The van der Waals surface area contributed by atoms with Gasteiger partial charge in [-0.1, -0.05) is 55.0 Å². The van der Waals surface area contributed by atoms with Crippen LogP contribution in [0.3, 0.4) is 0 Å². The van der Waals surface area contributed by atoms with Crippen LogP contribution in [-0.2, 0) is 6.42 Å². The monoisotopic (exact) mass is 297 g/mol. The molecule has 0 saturated carbocycles. The number of aryl methyl sites for hydroxylation is 2. The van der Waals surface area contributed by atoms with Crippen LogP contribution in [0.15, 0.2) is 48.5 Å². The van der Waals surface area contributed by atoms with Gasteiger partial charge in [0.2, 0.25) is 0 Å². The molecule has 2 rings (SSSR count). The van der Waals surface area contributed by atoms with Crippen molar-refractivity contribution >= 4 is 0 Å². The molecule has 2 aromatic carbocycles. The Morgan fingerprint density at radius 2 is 1.77 bits per heavy atom. The normalized spacial score (nSPS) is 12.1. The summed E-state index contributed by atoms with van der Waals surface area (Å²) in [4.78, 5) is 0. The molecule has 2 N–H and O–H groups in total. The third-order valence-electron chi connectivity index (χ3n) is 4.14. The lowest BCUT2D eigenvalue weighted by Crippen LogP contribution is -2.14. The van der Waals surface area contributed by atoms with Crippen molar-refractivity contribution in [1.82, 2.24) is 0 Å². The Morgan fingerprint density at radius 1 is 1.05 bits per heavy atom. The SMILES string of the molecule is CCc1ccccc1OCCCC(CN)c1ccc(C)cc1. The standard InChI is InChI=1S/C20H27NO/c1-3-17-7-4-5-9-20(17)22-14-6-8-19(15-21)18-12-10-16(2)11-13-18/h4-5,7,9-13,19H,3,6,8,14-15,21H2,1-2H3. The molecule has 0 radical (unpaired) electrons. The van der Waals surface area contributed by atoms with Gasteiger partial charge in [-0.3, -0.25) is 0 Å². The van der Waals surface area contributed by atoms with Gasteiger partial charge in [0, 0.05) is 0 Å². The van der Waals surface area contributed by atoms with Crippen molar-refractivity contribution in [3.8, 4) is 5.75 Å². The number of hydrogen-bond donors (Lipinski definition) is 1. The quantitative estimate of drug-likeness (QED) is 0.730. The summed E-state index contributed by atoms with van der Waals surface area (Å²) in [7, 11) is 0. The van der Waals surface area contributed by atoms with Gasteiger partial charge in [-0.2, -0.15) is 0 Å². The summed E-state index contributed by atoms with van der Waals surface area (Å²) >= 11 is 0. The van der Waals surface area contributed by atoms with E-state index in [1.807, 2.05) is 6.07 Å². The maximum atomic E-state index is 5.94. The Balaban J connectivity index is 1.83. The average molecular weight is 297 g/mol. The zero-order valence-electron chi connectivity index (χ0n) is 13.7. The first-order valence-electron chi connectivity index (χ1n) is 8.22. The fourth-order valence-electron chi connectivity index (χ4n) is 2.71. The topological polar surface area (TPSA) is 35.2 Å². The molecule has 22 heavy (non-hydrogen) atoms. The van der Waals surface area contributed by atoms with Crippen LogP contribution >= 0.6 is 0 Å². The van der Waals surface area contributed by atoms with Gasteiger partial charge in [-0.15, -0.1) is 0 Å². The van der Waals surface area contributed by atoms with Crippen molar-refractivity contribution in [2.75, 3.05) is 13.2 Å². The van der Waals surface area contributed by atoms with E-state index in [0.29, 0.717) is 12.5 Å². The number of ether oxygens (including phenoxy) is 1. The van der Waals surface area contributed by atoms with E-state index in [4.69, 9.17) is 10.5 Å². The molecule has 0 aliphatic carbocycles. The van der Waals surface area contributed by atoms with Gasteiger partial charge in [0.05, 0.1) is 6.61 Å². The van der Waals surface area contributed by atoms with Gasteiger partial charge in [0.15, 0.2) is 0 Å². The second-order valence-corrected chi connectivity index (χ2v) is 5.80. The third kappa shape index (κ3) is 4.60. The van der Waals surface area contributed by atoms with E-state index in [0.717, 1.165) is 31.6 Å². The molecule has 2 nitrogen and oxygen atoms in total. The molecular weight excluding hydrogens is 270 g/mol. The van der Waals surface area contributed by atoms with Crippen molar-refractivity contribution in [1.29, 1.82) is 0 Å². The fourth-order valence-corrected chi connectivity index (χ4v) is 2.71. The largest absolute Gasteiger partial charge is 0.493 e. The Bertz CT molecular complexity index is 562.